The number of nitrogens with one attached hydrogen (secondary N) is 2. The normalized spacial score (nSPS) is 10.8. The van der Waals surface area contributed by atoms with E-state index in [1.165, 1.54) is 6.92 Å². The molecular weight excluding hydrogens is 326 g/mol. The molecule has 3 aromatic rings. The lowest BCUT2D eigenvalue weighted by atomic mass is 10.2. The minimum absolute atomic E-state index is 0.130. The van der Waals surface area contributed by atoms with Crippen LogP contribution in [0.25, 0.3) is 5.78 Å². The van der Waals surface area contributed by atoms with E-state index in [1.54, 1.807) is 12.1 Å². The van der Waals surface area contributed by atoms with Crippen molar-refractivity contribution in [1.29, 1.82) is 0 Å². The van der Waals surface area contributed by atoms with Crippen molar-refractivity contribution in [2.75, 3.05) is 10.6 Å². The maximum Gasteiger partial charge on any atom is 0.234 e. The van der Waals surface area contributed by atoms with Crippen molar-refractivity contribution in [3.63, 3.8) is 0 Å². The molecule has 0 aliphatic carbocycles. The summed E-state index contributed by atoms with van der Waals surface area (Å²) in [4.78, 5) is 20.0. The quantitative estimate of drug-likeness (QED) is 0.759. The molecule has 24 heavy (non-hydrogen) atoms. The number of hydrogen-bond donors (Lipinski definition) is 2. The Hall–Kier alpha value is -2.60. The third-order valence-electron chi connectivity index (χ3n) is 3.56. The summed E-state index contributed by atoms with van der Waals surface area (Å²) >= 11 is 6.25. The van der Waals surface area contributed by atoms with Gasteiger partial charge in [-0.1, -0.05) is 11.6 Å². The number of aryl methyl sites for hydroxylation is 2. The Bertz CT molecular complexity index is 919. The molecule has 0 spiro atoms. The Kier molecular flexibility index (Phi) is 4.40. The van der Waals surface area contributed by atoms with Gasteiger partial charge in [0.05, 0.1) is 22.9 Å². The minimum Gasteiger partial charge on any atom is -0.378 e. The molecule has 0 saturated heterocycles. The number of amides is 1. The molecule has 0 bridgehead atoms. The van der Waals surface area contributed by atoms with E-state index in [0.717, 1.165) is 22.8 Å². The van der Waals surface area contributed by atoms with E-state index in [0.29, 0.717) is 23.0 Å². The number of imidazole rings is 1. The maximum absolute atomic E-state index is 11.1. The van der Waals surface area contributed by atoms with Crippen LogP contribution in [0.15, 0.2) is 30.5 Å². The van der Waals surface area contributed by atoms with Gasteiger partial charge in [-0.05, 0) is 38.1 Å². The van der Waals surface area contributed by atoms with E-state index in [9.17, 15) is 4.79 Å². The first kappa shape index (κ1) is 16.3. The third-order valence-corrected chi connectivity index (χ3v) is 3.87. The summed E-state index contributed by atoms with van der Waals surface area (Å²) < 4.78 is 1.96. The average molecular weight is 344 g/mol. The molecular formula is C17H18ClN5O. The standard InChI is InChI=1S/C17H18ClN5O/c1-10-6-11(2)23-9-14(22-17(23)20-10)8-19-16-5-4-13(7-15(16)18)21-12(3)24/h4-7,9,19H,8H2,1-3H3,(H,21,24). The van der Waals surface area contributed by atoms with Gasteiger partial charge in [0, 0.05) is 30.2 Å². The van der Waals surface area contributed by atoms with Crippen molar-refractivity contribution < 1.29 is 4.79 Å². The number of carbonyl (C=O) groups is 1. The van der Waals surface area contributed by atoms with Gasteiger partial charge in [-0.15, -0.1) is 0 Å². The Labute approximate surface area is 144 Å². The first-order valence-electron chi connectivity index (χ1n) is 7.55. The minimum atomic E-state index is -0.130. The zero-order chi connectivity index (χ0) is 17.3. The molecule has 0 saturated carbocycles. The fourth-order valence-electron chi connectivity index (χ4n) is 2.53. The van der Waals surface area contributed by atoms with Crippen molar-refractivity contribution in [2.45, 2.75) is 27.3 Å². The second-order valence-electron chi connectivity index (χ2n) is 5.67. The number of hydrogen-bond acceptors (Lipinski definition) is 4. The van der Waals surface area contributed by atoms with Crippen LogP contribution < -0.4 is 10.6 Å². The van der Waals surface area contributed by atoms with Gasteiger partial charge in [-0.25, -0.2) is 9.97 Å². The molecule has 0 atom stereocenters. The van der Waals surface area contributed by atoms with Gasteiger partial charge in [0.15, 0.2) is 0 Å². The van der Waals surface area contributed by atoms with Crippen LogP contribution in [-0.2, 0) is 11.3 Å². The van der Waals surface area contributed by atoms with Crippen molar-refractivity contribution >= 4 is 34.7 Å². The number of fused-ring (bicyclic) bond motifs is 1. The Morgan fingerprint density at radius 3 is 2.75 bits per heavy atom. The molecule has 0 radical (unpaired) electrons. The highest BCUT2D eigenvalue weighted by Gasteiger charge is 2.07. The van der Waals surface area contributed by atoms with Crippen LogP contribution in [0, 0.1) is 13.8 Å². The van der Waals surface area contributed by atoms with Crippen molar-refractivity contribution in [3.05, 3.63) is 52.6 Å². The summed E-state index contributed by atoms with van der Waals surface area (Å²) in [7, 11) is 0. The second kappa shape index (κ2) is 6.49. The van der Waals surface area contributed by atoms with E-state index in [2.05, 4.69) is 20.6 Å². The number of rotatable bonds is 4. The van der Waals surface area contributed by atoms with E-state index in [-0.39, 0.29) is 5.91 Å². The Morgan fingerprint density at radius 1 is 1.25 bits per heavy atom. The lowest BCUT2D eigenvalue weighted by Crippen LogP contribution is -2.06. The highest BCUT2D eigenvalue weighted by atomic mass is 35.5. The lowest BCUT2D eigenvalue weighted by Gasteiger charge is -2.09. The van der Waals surface area contributed by atoms with Crippen LogP contribution in [0.4, 0.5) is 11.4 Å². The zero-order valence-electron chi connectivity index (χ0n) is 13.7. The fraction of sp³-hybridized carbons (Fsp3) is 0.235. The number of anilines is 2. The molecule has 6 nitrogen and oxygen atoms in total. The Balaban J connectivity index is 1.76. The smallest absolute Gasteiger partial charge is 0.234 e. The van der Waals surface area contributed by atoms with Gasteiger partial charge in [-0.3, -0.25) is 9.20 Å². The topological polar surface area (TPSA) is 71.3 Å². The predicted octanol–water partition coefficient (Wildman–Crippen LogP) is 3.57. The van der Waals surface area contributed by atoms with E-state index in [1.807, 2.05) is 36.6 Å². The number of benzene rings is 1. The first-order chi connectivity index (χ1) is 11.4. The molecule has 0 aliphatic rings. The molecule has 2 aromatic heterocycles. The van der Waals surface area contributed by atoms with Crippen LogP contribution in [0.2, 0.25) is 5.02 Å². The molecule has 3 rings (SSSR count). The van der Waals surface area contributed by atoms with Gasteiger partial charge in [0.25, 0.3) is 0 Å². The van der Waals surface area contributed by atoms with Gasteiger partial charge in [-0.2, -0.15) is 0 Å². The summed E-state index contributed by atoms with van der Waals surface area (Å²) in [6.45, 7) is 5.97. The Morgan fingerprint density at radius 2 is 2.04 bits per heavy atom. The van der Waals surface area contributed by atoms with Crippen LogP contribution >= 0.6 is 11.6 Å². The summed E-state index contributed by atoms with van der Waals surface area (Å²) in [6, 6.07) is 7.36. The SMILES string of the molecule is CC(=O)Nc1ccc(NCc2cn3c(C)cc(C)nc3n2)c(Cl)c1. The second-order valence-corrected chi connectivity index (χ2v) is 6.08. The number of nitrogens with zero attached hydrogens (tertiary/aromatic N) is 3. The van der Waals surface area contributed by atoms with Crippen LogP contribution in [0.3, 0.4) is 0 Å². The van der Waals surface area contributed by atoms with Crippen molar-refractivity contribution in [1.82, 2.24) is 14.4 Å². The van der Waals surface area contributed by atoms with Crippen molar-refractivity contribution in [2.24, 2.45) is 0 Å². The summed E-state index contributed by atoms with van der Waals surface area (Å²) in [6.07, 6.45) is 1.96. The highest BCUT2D eigenvalue weighted by molar-refractivity contribution is 6.33. The fourth-order valence-corrected chi connectivity index (χ4v) is 2.78. The van der Waals surface area contributed by atoms with Crippen molar-refractivity contribution in [3.8, 4) is 0 Å². The van der Waals surface area contributed by atoms with E-state index < -0.39 is 0 Å². The third kappa shape index (κ3) is 3.49. The molecule has 1 aromatic carbocycles. The van der Waals surface area contributed by atoms with E-state index >= 15 is 0 Å². The maximum atomic E-state index is 11.1. The van der Waals surface area contributed by atoms with Gasteiger partial charge < -0.3 is 10.6 Å². The molecule has 0 fully saturated rings. The molecule has 0 aliphatic heterocycles. The van der Waals surface area contributed by atoms with Crippen LogP contribution in [-0.4, -0.2) is 20.3 Å². The largest absolute Gasteiger partial charge is 0.378 e. The molecule has 0 unspecified atom stereocenters. The molecule has 7 heteroatoms. The predicted molar refractivity (Wildman–Crippen MR) is 95.5 cm³/mol. The number of halogens is 1. The lowest BCUT2D eigenvalue weighted by molar-refractivity contribution is -0.114. The summed E-state index contributed by atoms with van der Waals surface area (Å²) in [5, 5.41) is 6.49. The molecule has 2 N–H and O–H groups in total. The first-order valence-corrected chi connectivity index (χ1v) is 7.93. The molecule has 2 heterocycles. The monoisotopic (exact) mass is 343 g/mol. The van der Waals surface area contributed by atoms with E-state index in [4.69, 9.17) is 11.6 Å². The van der Waals surface area contributed by atoms with Gasteiger partial charge >= 0.3 is 0 Å². The summed E-state index contributed by atoms with van der Waals surface area (Å²) in [5.74, 6) is 0.561. The van der Waals surface area contributed by atoms with Crippen LogP contribution in [0.5, 0.6) is 0 Å². The van der Waals surface area contributed by atoms with Crippen LogP contribution in [0.1, 0.15) is 24.0 Å². The van der Waals surface area contributed by atoms with Gasteiger partial charge in [0.1, 0.15) is 0 Å². The molecule has 1 amide bonds. The average Bonchev–Trinajstić information content (AvgIpc) is 2.89. The van der Waals surface area contributed by atoms with Gasteiger partial charge in [0.2, 0.25) is 11.7 Å². The molecule has 124 valence electrons. The highest BCUT2D eigenvalue weighted by Crippen LogP contribution is 2.26. The summed E-state index contributed by atoms with van der Waals surface area (Å²) in [5.41, 5.74) is 4.36. The number of aromatic nitrogens is 3. The number of carbonyl (C=O) groups excluding carboxylic acids is 1. The zero-order valence-corrected chi connectivity index (χ0v) is 14.5.